The van der Waals surface area contributed by atoms with Crippen molar-refractivity contribution in [3.8, 4) is 11.8 Å². The summed E-state index contributed by atoms with van der Waals surface area (Å²) in [6.45, 7) is 5.69. The Morgan fingerprint density at radius 2 is 1.80 bits per heavy atom. The summed E-state index contributed by atoms with van der Waals surface area (Å²) in [6, 6.07) is 0. The minimum Gasteiger partial charge on any atom is -0.107 e. The van der Waals surface area contributed by atoms with Crippen molar-refractivity contribution in [3.63, 3.8) is 0 Å². The summed E-state index contributed by atoms with van der Waals surface area (Å²) in [7, 11) is 0. The maximum absolute atomic E-state index is 3.79. The molecule has 57 valence electrons. The zero-order valence-corrected chi connectivity index (χ0v) is 6.95. The van der Waals surface area contributed by atoms with E-state index < -0.39 is 0 Å². The smallest absolute Gasteiger partial charge is 0.00885 e. The Labute approximate surface area is 65.0 Å². The van der Waals surface area contributed by atoms with E-state index in [0.717, 1.165) is 12.8 Å². The van der Waals surface area contributed by atoms with Gasteiger partial charge in [-0.1, -0.05) is 32.6 Å². The van der Waals surface area contributed by atoms with Gasteiger partial charge in [-0.05, 0) is 13.3 Å². The highest BCUT2D eigenvalue weighted by Gasteiger charge is 1.85. The Balaban J connectivity index is 2.82. The fourth-order valence-corrected chi connectivity index (χ4v) is 0.869. The first-order chi connectivity index (χ1) is 4.91. The molecule has 0 N–H and O–H groups in total. The lowest BCUT2D eigenvalue weighted by Gasteiger charge is -1.93. The Kier molecular flexibility index (Phi) is 8.18. The molecule has 0 atom stereocenters. The molecular formula is C10H17. The van der Waals surface area contributed by atoms with Crippen molar-refractivity contribution >= 4 is 0 Å². The molecule has 0 heteroatoms. The highest BCUT2D eigenvalue weighted by molar-refractivity contribution is 4.94. The fourth-order valence-electron chi connectivity index (χ4n) is 0.869. The van der Waals surface area contributed by atoms with Crippen molar-refractivity contribution in [2.75, 3.05) is 0 Å². The Morgan fingerprint density at radius 1 is 1.10 bits per heavy atom. The van der Waals surface area contributed by atoms with E-state index in [1.54, 1.807) is 0 Å². The predicted octanol–water partition coefficient (Wildman–Crippen LogP) is 3.18. The van der Waals surface area contributed by atoms with Crippen LogP contribution in [-0.2, 0) is 0 Å². The first-order valence-electron chi connectivity index (χ1n) is 4.10. The van der Waals surface area contributed by atoms with Crippen molar-refractivity contribution in [3.05, 3.63) is 6.92 Å². The molecule has 0 heterocycles. The van der Waals surface area contributed by atoms with E-state index in [-0.39, 0.29) is 0 Å². The van der Waals surface area contributed by atoms with Crippen molar-refractivity contribution < 1.29 is 0 Å². The highest BCUT2D eigenvalue weighted by Crippen LogP contribution is 2.03. The van der Waals surface area contributed by atoms with Crippen molar-refractivity contribution in [2.45, 2.75) is 45.4 Å². The second-order valence-electron chi connectivity index (χ2n) is 2.44. The quantitative estimate of drug-likeness (QED) is 0.403. The van der Waals surface area contributed by atoms with Gasteiger partial charge in [0.15, 0.2) is 0 Å². The Hall–Kier alpha value is -0.440. The summed E-state index contributed by atoms with van der Waals surface area (Å²) in [4.78, 5) is 0. The van der Waals surface area contributed by atoms with Crippen LogP contribution < -0.4 is 0 Å². The molecule has 0 aromatic heterocycles. The summed E-state index contributed by atoms with van der Waals surface area (Å²) in [6.07, 6.45) is 7.35. The zero-order valence-electron chi connectivity index (χ0n) is 6.95. The van der Waals surface area contributed by atoms with Gasteiger partial charge in [0.2, 0.25) is 0 Å². The molecule has 0 nitrogen and oxygen atoms in total. The summed E-state index contributed by atoms with van der Waals surface area (Å²) >= 11 is 0. The van der Waals surface area contributed by atoms with Crippen LogP contribution in [0, 0.1) is 18.8 Å². The van der Waals surface area contributed by atoms with Gasteiger partial charge in [-0.3, -0.25) is 0 Å². The minimum absolute atomic E-state index is 1.08. The van der Waals surface area contributed by atoms with E-state index in [1.807, 2.05) is 6.92 Å². The maximum Gasteiger partial charge on any atom is 0.00885 e. The molecule has 0 bridgehead atoms. The van der Waals surface area contributed by atoms with Crippen molar-refractivity contribution in [2.24, 2.45) is 0 Å². The van der Waals surface area contributed by atoms with Crippen molar-refractivity contribution in [1.82, 2.24) is 0 Å². The first kappa shape index (κ1) is 9.56. The topological polar surface area (TPSA) is 0 Å². The third-order valence-corrected chi connectivity index (χ3v) is 1.48. The van der Waals surface area contributed by atoms with Crippen LogP contribution >= 0.6 is 0 Å². The number of hydrogen-bond acceptors (Lipinski definition) is 0. The molecular weight excluding hydrogens is 120 g/mol. The van der Waals surface area contributed by atoms with E-state index in [0.29, 0.717) is 0 Å². The maximum atomic E-state index is 3.79. The van der Waals surface area contributed by atoms with Gasteiger partial charge in [-0.2, -0.15) is 0 Å². The van der Waals surface area contributed by atoms with Crippen LogP contribution in [0.25, 0.3) is 0 Å². The van der Waals surface area contributed by atoms with Crippen molar-refractivity contribution in [1.29, 1.82) is 0 Å². The monoisotopic (exact) mass is 137 g/mol. The molecule has 0 aliphatic heterocycles. The largest absolute Gasteiger partial charge is 0.107 e. The summed E-state index contributed by atoms with van der Waals surface area (Å²) in [5, 5.41) is 0. The second-order valence-corrected chi connectivity index (χ2v) is 2.44. The predicted molar refractivity (Wildman–Crippen MR) is 46.5 cm³/mol. The van der Waals surface area contributed by atoms with Gasteiger partial charge in [0.1, 0.15) is 0 Å². The minimum atomic E-state index is 1.08. The molecule has 0 fully saturated rings. The van der Waals surface area contributed by atoms with E-state index in [2.05, 4.69) is 18.8 Å². The van der Waals surface area contributed by atoms with E-state index >= 15 is 0 Å². The van der Waals surface area contributed by atoms with E-state index in [4.69, 9.17) is 0 Å². The lowest BCUT2D eigenvalue weighted by Crippen LogP contribution is -1.75. The molecule has 1 radical (unpaired) electrons. The molecule has 0 amide bonds. The molecule has 0 saturated carbocycles. The van der Waals surface area contributed by atoms with Crippen LogP contribution in [0.3, 0.4) is 0 Å². The molecule has 0 saturated heterocycles. The number of hydrogen-bond donors (Lipinski definition) is 0. The lowest BCUT2D eigenvalue weighted by molar-refractivity contribution is 0.655. The fraction of sp³-hybridized carbons (Fsp3) is 0.700. The lowest BCUT2D eigenvalue weighted by atomic mass is 10.1. The van der Waals surface area contributed by atoms with Gasteiger partial charge < -0.3 is 0 Å². The second kappa shape index (κ2) is 8.56. The third-order valence-electron chi connectivity index (χ3n) is 1.48. The zero-order chi connectivity index (χ0) is 7.66. The van der Waals surface area contributed by atoms with Crippen LogP contribution in [-0.4, -0.2) is 0 Å². The van der Waals surface area contributed by atoms with Crippen LogP contribution in [0.15, 0.2) is 0 Å². The van der Waals surface area contributed by atoms with Crippen LogP contribution in [0.2, 0.25) is 0 Å². The number of rotatable bonds is 5. The van der Waals surface area contributed by atoms with Gasteiger partial charge in [0.05, 0.1) is 0 Å². The van der Waals surface area contributed by atoms with Crippen LogP contribution in [0.4, 0.5) is 0 Å². The number of unbranched alkanes of at least 4 members (excludes halogenated alkanes) is 5. The van der Waals surface area contributed by atoms with E-state index in [1.165, 1.54) is 25.7 Å². The molecule has 0 rings (SSSR count). The molecule has 0 unspecified atom stereocenters. The molecule has 0 aromatic carbocycles. The molecule has 0 aromatic rings. The normalized spacial score (nSPS) is 8.60. The molecule has 0 spiro atoms. The molecule has 10 heavy (non-hydrogen) atoms. The van der Waals surface area contributed by atoms with Crippen LogP contribution in [0.1, 0.15) is 45.4 Å². The molecule has 0 aliphatic rings. The SMILES string of the molecule is [CH2]CCCCCCC#CC. The van der Waals surface area contributed by atoms with E-state index in [9.17, 15) is 0 Å². The van der Waals surface area contributed by atoms with Gasteiger partial charge in [0, 0.05) is 6.42 Å². The third kappa shape index (κ3) is 7.56. The summed E-state index contributed by atoms with van der Waals surface area (Å²) < 4.78 is 0. The standard InChI is InChI=1S/C10H17/c1-3-5-7-9-10-8-6-4-2/h1,3,5,7-10H2,2H3. The van der Waals surface area contributed by atoms with Gasteiger partial charge in [-0.15, -0.1) is 11.8 Å². The van der Waals surface area contributed by atoms with Crippen LogP contribution in [0.5, 0.6) is 0 Å². The average Bonchev–Trinajstić information content (AvgIpc) is 1.97. The summed E-state index contributed by atoms with van der Waals surface area (Å²) in [5.74, 6) is 5.96. The Bertz CT molecular complexity index is 103. The van der Waals surface area contributed by atoms with Gasteiger partial charge >= 0.3 is 0 Å². The molecule has 0 aliphatic carbocycles. The first-order valence-corrected chi connectivity index (χ1v) is 4.10. The van der Waals surface area contributed by atoms with Gasteiger partial charge in [0.25, 0.3) is 0 Å². The summed E-state index contributed by atoms with van der Waals surface area (Å²) in [5.41, 5.74) is 0. The average molecular weight is 137 g/mol. The highest BCUT2D eigenvalue weighted by atomic mass is 13.9. The van der Waals surface area contributed by atoms with Gasteiger partial charge in [-0.25, -0.2) is 0 Å². The Morgan fingerprint density at radius 3 is 2.40 bits per heavy atom.